The maximum Gasteiger partial charge on any atom is 0.277 e. The first-order valence-electron chi connectivity index (χ1n) is 18.7. The van der Waals surface area contributed by atoms with Crippen LogP contribution in [0.25, 0.3) is 39.0 Å². The van der Waals surface area contributed by atoms with Gasteiger partial charge in [-0.1, -0.05) is 72.6 Å². The van der Waals surface area contributed by atoms with E-state index in [0.717, 1.165) is 65.9 Å². The predicted octanol–water partition coefficient (Wildman–Crippen LogP) is 5.85. The van der Waals surface area contributed by atoms with Crippen LogP contribution in [0.2, 0.25) is 10.0 Å². The molecule has 0 radical (unpaired) electrons. The van der Waals surface area contributed by atoms with E-state index in [9.17, 15) is 14.4 Å². The molecule has 3 N–H and O–H groups in total. The van der Waals surface area contributed by atoms with Crippen molar-refractivity contribution < 1.29 is 14.3 Å². The second kappa shape index (κ2) is 16.2. The number of halogens is 2. The van der Waals surface area contributed by atoms with E-state index < -0.39 is 0 Å². The summed E-state index contributed by atoms with van der Waals surface area (Å²) in [7, 11) is 3.34. The molecule has 2 aliphatic heterocycles. The smallest absolute Gasteiger partial charge is 0.277 e. The topological polar surface area (TPSA) is 135 Å². The van der Waals surface area contributed by atoms with E-state index in [1.54, 1.807) is 23.2 Å². The van der Waals surface area contributed by atoms with Crippen molar-refractivity contribution in [3.63, 3.8) is 0 Å². The van der Waals surface area contributed by atoms with Crippen LogP contribution in [0.3, 0.4) is 0 Å². The first-order chi connectivity index (χ1) is 26.5. The summed E-state index contributed by atoms with van der Waals surface area (Å²) in [6, 6.07) is 17.3. The van der Waals surface area contributed by atoms with Crippen LogP contribution in [0.1, 0.15) is 50.9 Å². The fraction of sp³-hybridized carbons (Fsp3) is 0.390. The zero-order valence-corrected chi connectivity index (χ0v) is 33.1. The van der Waals surface area contributed by atoms with Gasteiger partial charge < -0.3 is 20.7 Å². The van der Waals surface area contributed by atoms with Gasteiger partial charge in [0.15, 0.2) is 0 Å². The molecule has 2 saturated heterocycles. The fourth-order valence-corrected chi connectivity index (χ4v) is 8.30. The molecule has 5 aromatic rings. The molecular weight excluding hydrogens is 739 g/mol. The molecule has 5 heterocycles. The Morgan fingerprint density at radius 2 is 1.75 bits per heavy atom. The zero-order chi connectivity index (χ0) is 38.9. The molecule has 7 rings (SSSR count). The van der Waals surface area contributed by atoms with Crippen molar-refractivity contribution >= 4 is 40.5 Å². The monoisotopic (exact) mass is 784 g/mol. The van der Waals surface area contributed by atoms with E-state index in [4.69, 9.17) is 38.0 Å². The molecule has 12 nitrogen and oxygen atoms in total. The highest BCUT2D eigenvalue weighted by Crippen LogP contribution is 2.42. The molecule has 1 atom stereocenters. The number of likely N-dealkylation sites (tertiary alicyclic amines) is 1. The van der Waals surface area contributed by atoms with Crippen LogP contribution in [0, 0.1) is 5.92 Å². The Kier molecular flexibility index (Phi) is 11.3. The van der Waals surface area contributed by atoms with Crippen LogP contribution in [-0.4, -0.2) is 74.7 Å². The summed E-state index contributed by atoms with van der Waals surface area (Å²) in [5.74, 6) is 1.65. The Labute approximate surface area is 330 Å². The fourth-order valence-electron chi connectivity index (χ4n) is 7.64. The Morgan fingerprint density at radius 3 is 2.44 bits per heavy atom. The molecule has 55 heavy (non-hydrogen) atoms. The van der Waals surface area contributed by atoms with Gasteiger partial charge in [0.2, 0.25) is 17.7 Å². The number of amides is 2. The van der Waals surface area contributed by atoms with Crippen LogP contribution in [0.4, 0.5) is 0 Å². The number of rotatable bonds is 14. The number of fused-ring (bicyclic) bond motifs is 1. The van der Waals surface area contributed by atoms with Crippen molar-refractivity contribution in [1.82, 2.24) is 40.0 Å². The minimum absolute atomic E-state index is 0.0817. The van der Waals surface area contributed by atoms with Gasteiger partial charge in [0.05, 0.1) is 34.9 Å². The molecule has 0 saturated carbocycles. The lowest BCUT2D eigenvalue weighted by atomic mass is 9.88. The molecule has 0 aliphatic carbocycles. The van der Waals surface area contributed by atoms with E-state index in [0.29, 0.717) is 71.4 Å². The number of benzene rings is 2. The molecule has 2 amide bonds. The quantitative estimate of drug-likeness (QED) is 0.128. The highest BCUT2D eigenvalue weighted by atomic mass is 35.5. The first-order valence-corrected chi connectivity index (χ1v) is 19.5. The third-order valence-electron chi connectivity index (χ3n) is 10.6. The maximum atomic E-state index is 13.5. The lowest BCUT2D eigenvalue weighted by Crippen LogP contribution is -2.66. The van der Waals surface area contributed by atoms with E-state index in [1.807, 2.05) is 67.7 Å². The van der Waals surface area contributed by atoms with Crippen molar-refractivity contribution in [1.29, 1.82) is 0 Å². The van der Waals surface area contributed by atoms with Gasteiger partial charge in [-0.25, -0.2) is 9.50 Å². The van der Waals surface area contributed by atoms with E-state index in [-0.39, 0.29) is 22.9 Å². The average molecular weight is 786 g/mol. The number of ether oxygens (including phenoxy) is 1. The SMILES string of the molecule is CCNC(=O)CC[C@H](C)CNCc1ccc(-c2cccc(-c3cccc(-c4cc5c(=O)n(C)c(CN6CC7(CCC(=O)N7)C6)nn5c4)c3Cl)c2Cl)nc1OC. The normalized spacial score (nSPS) is 15.6. The number of hydrogen-bond donors (Lipinski definition) is 3. The van der Waals surface area contributed by atoms with Crippen LogP contribution < -0.4 is 26.2 Å². The zero-order valence-electron chi connectivity index (χ0n) is 31.5. The number of methoxy groups -OCH3 is 1. The van der Waals surface area contributed by atoms with Gasteiger partial charge in [-0.2, -0.15) is 5.10 Å². The third-order valence-corrected chi connectivity index (χ3v) is 11.5. The molecule has 0 unspecified atom stereocenters. The highest BCUT2D eigenvalue weighted by Gasteiger charge is 2.47. The first kappa shape index (κ1) is 38.5. The van der Waals surface area contributed by atoms with Crippen LogP contribution in [0.15, 0.2) is 65.6 Å². The molecule has 2 fully saturated rings. The largest absolute Gasteiger partial charge is 0.481 e. The Balaban J connectivity index is 1.09. The molecule has 0 bridgehead atoms. The Hall–Kier alpha value is -4.75. The lowest BCUT2D eigenvalue weighted by molar-refractivity contribution is -0.121. The second-order valence-electron chi connectivity index (χ2n) is 14.7. The number of carbonyl (C=O) groups excluding carboxylic acids is 2. The molecule has 3 aromatic heterocycles. The summed E-state index contributed by atoms with van der Waals surface area (Å²) < 4.78 is 8.91. The van der Waals surface area contributed by atoms with E-state index in [1.165, 1.54) is 0 Å². The van der Waals surface area contributed by atoms with Gasteiger partial charge in [-0.15, -0.1) is 0 Å². The summed E-state index contributed by atoms with van der Waals surface area (Å²) in [4.78, 5) is 44.1. The molecule has 2 aliphatic rings. The van der Waals surface area contributed by atoms with Gasteiger partial charge in [-0.05, 0) is 44.4 Å². The minimum atomic E-state index is -0.156. The summed E-state index contributed by atoms with van der Waals surface area (Å²) in [6.45, 7) is 8.00. The van der Waals surface area contributed by atoms with E-state index >= 15 is 0 Å². The van der Waals surface area contributed by atoms with Crippen molar-refractivity contribution in [2.45, 2.75) is 58.2 Å². The van der Waals surface area contributed by atoms with E-state index in [2.05, 4.69) is 27.8 Å². The van der Waals surface area contributed by atoms with Crippen molar-refractivity contribution in [3.8, 4) is 39.4 Å². The summed E-state index contributed by atoms with van der Waals surface area (Å²) in [5.41, 5.74) is 5.42. The molecule has 288 valence electrons. The number of hydrogen-bond acceptors (Lipinski definition) is 8. The maximum absolute atomic E-state index is 13.5. The number of nitrogens with zero attached hydrogens (tertiary/aromatic N) is 5. The third kappa shape index (κ3) is 8.00. The molecule has 14 heteroatoms. The number of pyridine rings is 1. The number of nitrogens with one attached hydrogen (secondary N) is 3. The number of aromatic nitrogens is 4. The Morgan fingerprint density at radius 1 is 1.04 bits per heavy atom. The lowest BCUT2D eigenvalue weighted by Gasteiger charge is -2.47. The molecule has 2 aromatic carbocycles. The standard InChI is InChI=1S/C41H46Cl2N8O4/c1-5-45-35(52)15-12-25(2)19-44-20-26-13-14-32(46-39(26)55-4)31-11-7-10-30(38(31)43)29-9-6-8-28(37(29)42)27-18-33-40(54)49(3)34(48-51(33)21-27)22-50-23-41(24-50)17-16-36(53)47-41/h6-11,13-14,18,21,25,44H,5,12,15-17,19-20,22-24H2,1-4H3,(H,45,52)(H,47,53)/t25-/m0/s1. The van der Waals surface area contributed by atoms with Crippen LogP contribution >= 0.6 is 23.2 Å². The summed E-state index contributed by atoms with van der Waals surface area (Å²) in [6.07, 6.45) is 4.55. The minimum Gasteiger partial charge on any atom is -0.481 e. The van der Waals surface area contributed by atoms with Crippen molar-refractivity contribution in [3.05, 3.63) is 92.6 Å². The van der Waals surface area contributed by atoms with Crippen LogP contribution in [0.5, 0.6) is 5.88 Å². The predicted molar refractivity (Wildman–Crippen MR) is 215 cm³/mol. The highest BCUT2D eigenvalue weighted by molar-refractivity contribution is 6.39. The van der Waals surface area contributed by atoms with Gasteiger partial charge in [0, 0.05) is 85.6 Å². The second-order valence-corrected chi connectivity index (χ2v) is 15.5. The van der Waals surface area contributed by atoms with Gasteiger partial charge in [-0.3, -0.25) is 23.9 Å². The van der Waals surface area contributed by atoms with Crippen molar-refractivity contribution in [2.24, 2.45) is 13.0 Å². The average Bonchev–Trinajstić information content (AvgIpc) is 3.77. The molecule has 1 spiro atoms. The molecular formula is C41H46Cl2N8O4. The van der Waals surface area contributed by atoms with Gasteiger partial charge >= 0.3 is 0 Å². The Bertz CT molecular complexity index is 2320. The van der Waals surface area contributed by atoms with Gasteiger partial charge in [0.1, 0.15) is 11.3 Å². The number of carbonyl (C=O) groups is 2. The summed E-state index contributed by atoms with van der Waals surface area (Å²) >= 11 is 14.3. The van der Waals surface area contributed by atoms with Gasteiger partial charge in [0.25, 0.3) is 5.56 Å². The van der Waals surface area contributed by atoms with Crippen molar-refractivity contribution in [2.75, 3.05) is 33.3 Å². The summed E-state index contributed by atoms with van der Waals surface area (Å²) in [5, 5.41) is 15.2. The van der Waals surface area contributed by atoms with Crippen LogP contribution in [-0.2, 0) is 29.7 Å².